The Labute approximate surface area is 93.4 Å². The minimum absolute atomic E-state index is 0.0611. The fourth-order valence-corrected chi connectivity index (χ4v) is 1.63. The fourth-order valence-electron chi connectivity index (χ4n) is 1.63. The van der Waals surface area contributed by atoms with Crippen LogP contribution >= 0.6 is 0 Å². The Bertz CT molecular complexity index is 472. The molecule has 0 saturated heterocycles. The van der Waals surface area contributed by atoms with Crippen molar-refractivity contribution in [1.29, 1.82) is 0 Å². The number of benzene rings is 1. The van der Waals surface area contributed by atoms with E-state index < -0.39 is 5.92 Å². The maximum absolute atomic E-state index is 12.1. The van der Waals surface area contributed by atoms with E-state index in [9.17, 15) is 4.79 Å². The van der Waals surface area contributed by atoms with Gasteiger partial charge in [0.15, 0.2) is 5.78 Å². The van der Waals surface area contributed by atoms with Crippen molar-refractivity contribution in [1.82, 2.24) is 0 Å². The summed E-state index contributed by atoms with van der Waals surface area (Å²) in [5.74, 6) is -0.550. The van der Waals surface area contributed by atoms with Crippen LogP contribution in [0, 0.1) is 5.92 Å². The van der Waals surface area contributed by atoms with Gasteiger partial charge in [0.2, 0.25) is 0 Å². The zero-order valence-electron chi connectivity index (χ0n) is 8.58. The van der Waals surface area contributed by atoms with E-state index in [0.29, 0.717) is 11.3 Å². The normalized spacial score (nSPS) is 21.2. The van der Waals surface area contributed by atoms with Crippen LogP contribution in [0.25, 0.3) is 0 Å². The number of nitrogens with zero attached hydrogens (tertiary/aromatic N) is 1. The summed E-state index contributed by atoms with van der Waals surface area (Å²) >= 11 is 0. The number of allylic oxidation sites excluding steroid dienone is 4. The van der Waals surface area contributed by atoms with E-state index >= 15 is 0 Å². The molecule has 3 heteroatoms. The zero-order valence-corrected chi connectivity index (χ0v) is 8.58. The molecule has 1 unspecified atom stereocenters. The number of hydrogen-bond donors (Lipinski definition) is 1. The van der Waals surface area contributed by atoms with E-state index in [-0.39, 0.29) is 5.78 Å². The molecule has 0 heterocycles. The largest absolute Gasteiger partial charge is 0.411 e. The molecule has 16 heavy (non-hydrogen) atoms. The van der Waals surface area contributed by atoms with E-state index in [0.717, 1.165) is 0 Å². The molecule has 0 fully saturated rings. The first-order valence-corrected chi connectivity index (χ1v) is 4.99. The number of carbonyl (C=O) groups excluding carboxylic acids is 1. The first-order valence-electron chi connectivity index (χ1n) is 4.99. The standard InChI is InChI=1S/C13H11NO2/c15-13(10-6-2-1-3-7-10)11-8-4-5-9-12(11)14-16/h1-9,11,16H. The van der Waals surface area contributed by atoms with Gasteiger partial charge in [0.1, 0.15) is 0 Å². The molecule has 80 valence electrons. The molecule has 3 nitrogen and oxygen atoms in total. The highest BCUT2D eigenvalue weighted by Gasteiger charge is 2.23. The summed E-state index contributed by atoms with van der Waals surface area (Å²) in [5, 5.41) is 11.9. The quantitative estimate of drug-likeness (QED) is 0.466. The zero-order chi connectivity index (χ0) is 11.4. The van der Waals surface area contributed by atoms with Gasteiger partial charge in [-0.2, -0.15) is 0 Å². The van der Waals surface area contributed by atoms with Crippen molar-refractivity contribution >= 4 is 11.5 Å². The first kappa shape index (κ1) is 10.4. The van der Waals surface area contributed by atoms with Crippen molar-refractivity contribution in [2.75, 3.05) is 0 Å². The van der Waals surface area contributed by atoms with Crippen LogP contribution < -0.4 is 0 Å². The summed E-state index contributed by atoms with van der Waals surface area (Å²) in [6.45, 7) is 0. The molecule has 0 saturated carbocycles. The highest BCUT2D eigenvalue weighted by molar-refractivity contribution is 6.17. The van der Waals surface area contributed by atoms with Gasteiger partial charge in [-0.05, 0) is 6.08 Å². The second-order valence-corrected chi connectivity index (χ2v) is 3.48. The van der Waals surface area contributed by atoms with Crippen LogP contribution in [0.4, 0.5) is 0 Å². The number of oxime groups is 1. The number of rotatable bonds is 2. The summed E-state index contributed by atoms with van der Waals surface area (Å²) in [5.41, 5.74) is 0.991. The van der Waals surface area contributed by atoms with Crippen molar-refractivity contribution < 1.29 is 10.0 Å². The Morgan fingerprint density at radius 1 is 1.19 bits per heavy atom. The molecule has 0 spiro atoms. The molecule has 1 aliphatic rings. The molecule has 0 amide bonds. The number of carbonyl (C=O) groups is 1. The van der Waals surface area contributed by atoms with Gasteiger partial charge in [-0.3, -0.25) is 4.79 Å². The summed E-state index contributed by atoms with van der Waals surface area (Å²) < 4.78 is 0. The molecule has 0 aliphatic heterocycles. The van der Waals surface area contributed by atoms with Gasteiger partial charge in [0.05, 0.1) is 11.6 Å². The maximum Gasteiger partial charge on any atom is 0.175 e. The molecule has 1 aromatic rings. The third-order valence-electron chi connectivity index (χ3n) is 2.46. The minimum atomic E-state index is -0.489. The van der Waals surface area contributed by atoms with Crippen LogP contribution in [0.1, 0.15) is 10.4 Å². The van der Waals surface area contributed by atoms with Gasteiger partial charge in [-0.1, -0.05) is 53.7 Å². The summed E-state index contributed by atoms with van der Waals surface area (Å²) in [4.78, 5) is 12.1. The summed E-state index contributed by atoms with van der Waals surface area (Å²) in [7, 11) is 0. The lowest BCUT2D eigenvalue weighted by atomic mass is 9.90. The molecule has 0 bridgehead atoms. The fraction of sp³-hybridized carbons (Fsp3) is 0.0769. The minimum Gasteiger partial charge on any atom is -0.411 e. The Kier molecular flexibility index (Phi) is 2.96. The average Bonchev–Trinajstić information content (AvgIpc) is 2.39. The first-order chi connectivity index (χ1) is 7.83. The molecule has 2 rings (SSSR count). The van der Waals surface area contributed by atoms with Gasteiger partial charge in [0.25, 0.3) is 0 Å². The number of ketones is 1. The van der Waals surface area contributed by atoms with Gasteiger partial charge < -0.3 is 5.21 Å². The SMILES string of the molecule is O=C(c1ccccc1)C1C=CC=CC1=NO. The topological polar surface area (TPSA) is 49.7 Å². The van der Waals surface area contributed by atoms with E-state index in [2.05, 4.69) is 5.16 Å². The van der Waals surface area contributed by atoms with Crippen molar-refractivity contribution in [3.05, 3.63) is 60.2 Å². The molecule has 0 aromatic heterocycles. The number of hydrogen-bond acceptors (Lipinski definition) is 3. The van der Waals surface area contributed by atoms with E-state index in [1.54, 1.807) is 36.4 Å². The molecular formula is C13H11NO2. The number of Topliss-reactive ketones (excluding diaryl/α,β-unsaturated/α-hetero) is 1. The lowest BCUT2D eigenvalue weighted by molar-refractivity contribution is 0.0971. The maximum atomic E-state index is 12.1. The molecule has 1 N–H and O–H groups in total. The van der Waals surface area contributed by atoms with Gasteiger partial charge in [0, 0.05) is 5.56 Å². The highest BCUT2D eigenvalue weighted by atomic mass is 16.4. The van der Waals surface area contributed by atoms with Crippen LogP contribution in [0.15, 0.2) is 59.8 Å². The van der Waals surface area contributed by atoms with E-state index in [1.165, 1.54) is 0 Å². The summed E-state index contributed by atoms with van der Waals surface area (Å²) in [6.07, 6.45) is 6.87. The van der Waals surface area contributed by atoms with Crippen LogP contribution in [-0.2, 0) is 0 Å². The molecule has 1 aliphatic carbocycles. The Hall–Kier alpha value is -2.16. The highest BCUT2D eigenvalue weighted by Crippen LogP contribution is 2.16. The molecule has 1 atom stereocenters. The Balaban J connectivity index is 2.29. The molecular weight excluding hydrogens is 202 g/mol. The second-order valence-electron chi connectivity index (χ2n) is 3.48. The third-order valence-corrected chi connectivity index (χ3v) is 2.46. The summed E-state index contributed by atoms with van der Waals surface area (Å²) in [6, 6.07) is 8.98. The lowest BCUT2D eigenvalue weighted by Gasteiger charge is -2.12. The average molecular weight is 213 g/mol. The van der Waals surface area contributed by atoms with Crippen molar-refractivity contribution in [2.24, 2.45) is 11.1 Å². The predicted octanol–water partition coefficient (Wildman–Crippen LogP) is 2.44. The molecule has 0 radical (unpaired) electrons. The smallest absolute Gasteiger partial charge is 0.175 e. The third kappa shape index (κ3) is 1.93. The van der Waals surface area contributed by atoms with Crippen LogP contribution in [0.3, 0.4) is 0 Å². The monoisotopic (exact) mass is 213 g/mol. The van der Waals surface area contributed by atoms with Crippen LogP contribution in [0.5, 0.6) is 0 Å². The van der Waals surface area contributed by atoms with Gasteiger partial charge in [-0.25, -0.2) is 0 Å². The van der Waals surface area contributed by atoms with Crippen LogP contribution in [-0.4, -0.2) is 16.7 Å². The lowest BCUT2D eigenvalue weighted by Crippen LogP contribution is -2.22. The van der Waals surface area contributed by atoms with Crippen molar-refractivity contribution in [3.8, 4) is 0 Å². The van der Waals surface area contributed by atoms with Gasteiger partial charge >= 0.3 is 0 Å². The van der Waals surface area contributed by atoms with Gasteiger partial charge in [-0.15, -0.1) is 0 Å². The van der Waals surface area contributed by atoms with Crippen molar-refractivity contribution in [3.63, 3.8) is 0 Å². The van der Waals surface area contributed by atoms with E-state index in [1.807, 2.05) is 18.2 Å². The Morgan fingerprint density at radius 3 is 2.62 bits per heavy atom. The predicted molar refractivity (Wildman–Crippen MR) is 61.8 cm³/mol. The second kappa shape index (κ2) is 4.57. The van der Waals surface area contributed by atoms with Crippen LogP contribution in [0.2, 0.25) is 0 Å². The molecule has 1 aromatic carbocycles. The van der Waals surface area contributed by atoms with Crippen molar-refractivity contribution in [2.45, 2.75) is 0 Å². The van der Waals surface area contributed by atoms with E-state index in [4.69, 9.17) is 5.21 Å². The Morgan fingerprint density at radius 2 is 1.94 bits per heavy atom.